The zero-order valence-corrected chi connectivity index (χ0v) is 20.1. The number of ether oxygens (including phenoxy) is 2. The molecule has 0 saturated carbocycles. The highest BCUT2D eigenvalue weighted by Crippen LogP contribution is 2.44. The first-order valence-electron chi connectivity index (χ1n) is 11.0. The van der Waals surface area contributed by atoms with Crippen molar-refractivity contribution in [2.75, 3.05) is 19.1 Å². The number of benzene rings is 2. The number of H-pyrrole nitrogens is 2. The molecule has 1 atom stereocenters. The van der Waals surface area contributed by atoms with Gasteiger partial charge < -0.3 is 24.5 Å². The molecule has 0 radical (unpaired) electrons. The Kier molecular flexibility index (Phi) is 5.04. The van der Waals surface area contributed by atoms with Gasteiger partial charge in [0.15, 0.2) is 11.5 Å². The zero-order valence-electron chi connectivity index (χ0n) is 19.2. The molecule has 0 bridgehead atoms. The molecule has 180 valence electrons. The number of hydrogen-bond donors (Lipinski definition) is 3. The molecule has 36 heavy (non-hydrogen) atoms. The van der Waals surface area contributed by atoms with Crippen molar-refractivity contribution >= 4 is 56.7 Å². The van der Waals surface area contributed by atoms with Crippen LogP contribution in [0, 0.1) is 0 Å². The molecule has 1 unspecified atom stereocenters. The highest BCUT2D eigenvalue weighted by atomic mass is 32.1. The zero-order chi connectivity index (χ0) is 25.0. The number of rotatable bonds is 5. The monoisotopic (exact) mass is 500 g/mol. The molecular weight excluding hydrogens is 480 g/mol. The molecule has 9 nitrogen and oxygen atoms in total. The van der Waals surface area contributed by atoms with Crippen molar-refractivity contribution in [2.45, 2.75) is 6.04 Å². The van der Waals surface area contributed by atoms with E-state index in [9.17, 15) is 14.7 Å². The highest BCUT2D eigenvalue weighted by molar-refractivity contribution is 7.10. The predicted molar refractivity (Wildman–Crippen MR) is 137 cm³/mol. The van der Waals surface area contributed by atoms with Crippen molar-refractivity contribution in [2.24, 2.45) is 0 Å². The number of carbonyl (C=O) groups is 2. The Morgan fingerprint density at radius 1 is 1.06 bits per heavy atom. The summed E-state index contributed by atoms with van der Waals surface area (Å²) in [4.78, 5) is 39.6. The quantitative estimate of drug-likeness (QED) is 0.182. The summed E-state index contributed by atoms with van der Waals surface area (Å²) >= 11 is 1.38. The Hall–Kier alpha value is -4.57. The number of Topliss-reactive ketones (excluding diaryl/α,β-unsaturated/α-hetero) is 1. The molecule has 1 saturated heterocycles. The number of aromatic amines is 2. The normalized spacial score (nSPS) is 17.4. The summed E-state index contributed by atoms with van der Waals surface area (Å²) in [6, 6.07) is 13.6. The van der Waals surface area contributed by atoms with Gasteiger partial charge in [-0.2, -0.15) is 0 Å². The Morgan fingerprint density at radius 2 is 1.83 bits per heavy atom. The number of thiophene rings is 1. The van der Waals surface area contributed by atoms with E-state index in [1.165, 1.54) is 30.5 Å². The molecule has 10 heteroatoms. The minimum absolute atomic E-state index is 0.00261. The molecule has 4 heterocycles. The number of nitrogens with one attached hydrogen (secondary N) is 2. The lowest BCUT2D eigenvalue weighted by atomic mass is 9.99. The van der Waals surface area contributed by atoms with Gasteiger partial charge in [0.05, 0.1) is 30.8 Å². The fraction of sp³-hybridized carbons (Fsp3) is 0.115. The maximum atomic E-state index is 13.4. The highest BCUT2D eigenvalue weighted by Gasteiger charge is 2.48. The molecule has 2 aromatic carbocycles. The average Bonchev–Trinajstić information content (AvgIpc) is 3.68. The van der Waals surface area contributed by atoms with E-state index in [0.29, 0.717) is 33.0 Å². The molecule has 1 aliphatic heterocycles. The number of aliphatic hydroxyl groups excluding tert-OH is 1. The molecule has 1 aliphatic rings. The third-order valence-electron chi connectivity index (χ3n) is 6.30. The van der Waals surface area contributed by atoms with Crippen molar-refractivity contribution < 1.29 is 24.2 Å². The van der Waals surface area contributed by atoms with Crippen LogP contribution in [-0.4, -0.2) is 46.0 Å². The Morgan fingerprint density at radius 3 is 2.58 bits per heavy atom. The topological polar surface area (TPSA) is 121 Å². The van der Waals surface area contributed by atoms with Crippen LogP contribution in [0.2, 0.25) is 0 Å². The summed E-state index contributed by atoms with van der Waals surface area (Å²) in [6.45, 7) is 0. The maximum Gasteiger partial charge on any atom is 0.302 e. The first-order valence-corrected chi connectivity index (χ1v) is 11.9. The molecule has 6 rings (SSSR count). The number of imidazole rings is 1. The number of amides is 1. The first-order chi connectivity index (χ1) is 17.5. The van der Waals surface area contributed by atoms with Crippen LogP contribution in [0.1, 0.15) is 16.5 Å². The summed E-state index contributed by atoms with van der Waals surface area (Å²) in [6.07, 6.45) is 1.64. The number of para-hydroxylation sites is 1. The van der Waals surface area contributed by atoms with E-state index in [4.69, 9.17) is 9.47 Å². The third-order valence-corrected chi connectivity index (χ3v) is 7.23. The Balaban J connectivity index is 1.55. The molecule has 0 spiro atoms. The van der Waals surface area contributed by atoms with Crippen molar-refractivity contribution in [3.8, 4) is 11.5 Å². The van der Waals surface area contributed by atoms with E-state index in [1.807, 2.05) is 41.8 Å². The summed E-state index contributed by atoms with van der Waals surface area (Å²) in [7, 11) is 3.05. The largest absolute Gasteiger partial charge is 0.507 e. The van der Waals surface area contributed by atoms with Gasteiger partial charge in [-0.15, -0.1) is 11.3 Å². The van der Waals surface area contributed by atoms with Gasteiger partial charge in [0.25, 0.3) is 5.78 Å². The van der Waals surface area contributed by atoms with Crippen LogP contribution in [0.25, 0.3) is 27.7 Å². The summed E-state index contributed by atoms with van der Waals surface area (Å²) in [5, 5.41) is 14.0. The van der Waals surface area contributed by atoms with Gasteiger partial charge in [-0.25, -0.2) is 4.98 Å². The molecule has 1 amide bonds. The molecule has 0 aliphatic carbocycles. The SMILES string of the molecule is COc1cc2nc(N3C(=O)C(=O)/C(=C(/O)c4c[nH]c5ccccc45)C3c3cccs3)[nH]c2cc1OC. The lowest BCUT2D eigenvalue weighted by Gasteiger charge is -2.21. The van der Waals surface area contributed by atoms with E-state index in [1.54, 1.807) is 18.3 Å². The van der Waals surface area contributed by atoms with Crippen LogP contribution in [0.5, 0.6) is 11.5 Å². The maximum absolute atomic E-state index is 13.4. The fourth-order valence-corrected chi connectivity index (χ4v) is 5.44. The number of anilines is 1. The minimum atomic E-state index is -0.858. The van der Waals surface area contributed by atoms with E-state index in [2.05, 4.69) is 15.0 Å². The van der Waals surface area contributed by atoms with Crippen LogP contribution < -0.4 is 14.4 Å². The van der Waals surface area contributed by atoms with Gasteiger partial charge in [-0.05, 0) is 17.5 Å². The predicted octanol–water partition coefficient (Wildman–Crippen LogP) is 4.75. The number of nitrogens with zero attached hydrogens (tertiary/aromatic N) is 2. The van der Waals surface area contributed by atoms with E-state index in [0.717, 1.165) is 10.9 Å². The fourth-order valence-electron chi connectivity index (χ4n) is 4.62. The second-order valence-corrected chi connectivity index (χ2v) is 9.20. The summed E-state index contributed by atoms with van der Waals surface area (Å²) < 4.78 is 10.7. The Bertz CT molecular complexity index is 1640. The number of ketones is 1. The molecule has 3 N–H and O–H groups in total. The standard InChI is InChI=1S/C26H20N4O5S/c1-34-18-10-16-17(11-19(18)35-2)29-26(28-16)30-22(20-8-5-9-36-20)21(24(32)25(30)33)23(31)14-12-27-15-7-4-3-6-13(14)15/h3-12,22,27,31H,1-2H3,(H,28,29)/b23-21+. The van der Waals surface area contributed by atoms with Crippen LogP contribution >= 0.6 is 11.3 Å². The summed E-state index contributed by atoms with van der Waals surface area (Å²) in [5.41, 5.74) is 2.39. The lowest BCUT2D eigenvalue weighted by Crippen LogP contribution is -2.30. The molecule has 5 aromatic rings. The van der Waals surface area contributed by atoms with Gasteiger partial charge in [0.1, 0.15) is 11.8 Å². The van der Waals surface area contributed by atoms with Crippen LogP contribution in [0.15, 0.2) is 65.7 Å². The van der Waals surface area contributed by atoms with Gasteiger partial charge >= 0.3 is 5.91 Å². The lowest BCUT2D eigenvalue weighted by molar-refractivity contribution is -0.132. The number of hydrogen-bond acceptors (Lipinski definition) is 7. The van der Waals surface area contributed by atoms with Crippen molar-refractivity contribution in [1.82, 2.24) is 15.0 Å². The van der Waals surface area contributed by atoms with Crippen LogP contribution in [0.4, 0.5) is 5.95 Å². The number of fused-ring (bicyclic) bond motifs is 2. The number of methoxy groups -OCH3 is 2. The number of aromatic nitrogens is 3. The van der Waals surface area contributed by atoms with Crippen LogP contribution in [0.3, 0.4) is 0 Å². The second-order valence-electron chi connectivity index (χ2n) is 8.22. The second kappa shape index (κ2) is 8.28. The van der Waals surface area contributed by atoms with E-state index in [-0.39, 0.29) is 17.3 Å². The minimum Gasteiger partial charge on any atom is -0.507 e. The van der Waals surface area contributed by atoms with E-state index < -0.39 is 17.7 Å². The smallest absolute Gasteiger partial charge is 0.302 e. The third kappa shape index (κ3) is 3.18. The average molecular weight is 501 g/mol. The van der Waals surface area contributed by atoms with Gasteiger partial charge in [-0.3, -0.25) is 14.5 Å². The van der Waals surface area contributed by atoms with Gasteiger partial charge in [0, 0.05) is 39.7 Å². The van der Waals surface area contributed by atoms with Crippen molar-refractivity contribution in [3.63, 3.8) is 0 Å². The van der Waals surface area contributed by atoms with Gasteiger partial charge in [0.2, 0.25) is 5.95 Å². The van der Waals surface area contributed by atoms with Crippen molar-refractivity contribution in [1.29, 1.82) is 0 Å². The van der Waals surface area contributed by atoms with Crippen LogP contribution in [-0.2, 0) is 9.59 Å². The summed E-state index contributed by atoms with van der Waals surface area (Å²) in [5.74, 6) is -0.653. The van der Waals surface area contributed by atoms with Crippen molar-refractivity contribution in [3.05, 3.63) is 76.1 Å². The molecule has 1 fully saturated rings. The van der Waals surface area contributed by atoms with E-state index >= 15 is 0 Å². The molecular formula is C26H20N4O5S. The van der Waals surface area contributed by atoms with Gasteiger partial charge in [-0.1, -0.05) is 24.3 Å². The Labute approximate surface area is 208 Å². The number of carbonyl (C=O) groups excluding carboxylic acids is 2. The molecule has 3 aromatic heterocycles. The first kappa shape index (κ1) is 21.9. The number of aliphatic hydroxyl groups is 1.